The van der Waals surface area contributed by atoms with Crippen molar-refractivity contribution in [3.8, 4) is 0 Å². The molecule has 2 rings (SSSR count). The summed E-state index contributed by atoms with van der Waals surface area (Å²) >= 11 is 3.55. The van der Waals surface area contributed by atoms with Crippen molar-refractivity contribution >= 4 is 40.5 Å². The van der Waals surface area contributed by atoms with E-state index in [9.17, 15) is 0 Å². The highest BCUT2D eigenvalue weighted by molar-refractivity contribution is 9.10. The Morgan fingerprint density at radius 2 is 2.09 bits per heavy atom. The summed E-state index contributed by atoms with van der Waals surface area (Å²) in [5.74, 6) is 0. The molecule has 2 aromatic rings. The quantitative estimate of drug-likeness (QED) is 0.486. The highest BCUT2D eigenvalue weighted by Crippen LogP contribution is 2.27. The number of benzene rings is 1. The van der Waals surface area contributed by atoms with Crippen molar-refractivity contribution in [3.05, 3.63) is 34.4 Å². The Bertz CT molecular complexity index is 686. The van der Waals surface area contributed by atoms with Crippen molar-refractivity contribution in [2.75, 3.05) is 6.61 Å². The fourth-order valence-corrected chi connectivity index (χ4v) is 3.33. The van der Waals surface area contributed by atoms with Crippen LogP contribution in [0, 0.1) is 0 Å². The molecule has 22 heavy (non-hydrogen) atoms. The zero-order valence-corrected chi connectivity index (χ0v) is 16.7. The van der Waals surface area contributed by atoms with Crippen molar-refractivity contribution in [2.45, 2.75) is 46.3 Å². The van der Waals surface area contributed by atoms with Gasteiger partial charge in [-0.1, -0.05) is 41.6 Å². The highest BCUT2D eigenvalue weighted by Gasteiger charge is 2.14. The predicted octanol–water partition coefficient (Wildman–Crippen LogP) is 5.53. The third-order valence-corrected chi connectivity index (χ3v) is 5.93. The molecule has 0 aliphatic rings. The number of nitrogens with zero attached hydrogens (tertiary/aromatic N) is 2. The largest absolute Gasteiger partial charge is 0.360 e. The molecule has 1 heterocycles. The number of halogens is 1. The maximum absolute atomic E-state index is 5.86. The van der Waals surface area contributed by atoms with E-state index in [0.29, 0.717) is 6.73 Å². The van der Waals surface area contributed by atoms with Crippen LogP contribution >= 0.6 is 15.9 Å². The molecule has 0 radical (unpaired) electrons. The highest BCUT2D eigenvalue weighted by atomic mass is 79.9. The van der Waals surface area contributed by atoms with Gasteiger partial charge in [-0.15, -0.1) is 0 Å². The van der Waals surface area contributed by atoms with E-state index >= 15 is 0 Å². The molecule has 0 bridgehead atoms. The fraction of sp³-hybridized carbons (Fsp3) is 0.471. The molecule has 0 unspecified atom stereocenters. The Hall–Kier alpha value is -0.913. The maximum Gasteiger partial charge on any atom is 0.140 e. The lowest BCUT2D eigenvalue weighted by atomic mass is 10.1. The molecule has 0 N–H and O–H groups in total. The Morgan fingerprint density at radius 3 is 2.73 bits per heavy atom. The number of ether oxygens (including phenoxy) is 1. The van der Waals surface area contributed by atoms with Crippen molar-refractivity contribution in [2.24, 2.45) is 0 Å². The van der Waals surface area contributed by atoms with E-state index < -0.39 is 8.07 Å². The second-order valence-corrected chi connectivity index (χ2v) is 13.4. The minimum Gasteiger partial charge on any atom is -0.360 e. The van der Waals surface area contributed by atoms with Gasteiger partial charge in [0.15, 0.2) is 0 Å². The van der Waals surface area contributed by atoms with Crippen LogP contribution in [0.15, 0.2) is 28.7 Å². The van der Waals surface area contributed by atoms with Crippen LogP contribution in [0.1, 0.15) is 19.5 Å². The first-order valence-electron chi connectivity index (χ1n) is 7.69. The summed E-state index contributed by atoms with van der Waals surface area (Å²) in [7, 11) is -1.04. The molecule has 0 aliphatic heterocycles. The number of fused-ring (bicyclic) bond motifs is 1. The molecule has 1 aromatic carbocycles. The predicted molar refractivity (Wildman–Crippen MR) is 101 cm³/mol. The third kappa shape index (κ3) is 4.30. The van der Waals surface area contributed by atoms with Gasteiger partial charge in [-0.2, -0.15) is 5.10 Å². The average molecular weight is 381 g/mol. The monoisotopic (exact) mass is 380 g/mol. The van der Waals surface area contributed by atoms with Gasteiger partial charge in [0.05, 0.1) is 11.2 Å². The van der Waals surface area contributed by atoms with Gasteiger partial charge in [-0.25, -0.2) is 4.68 Å². The van der Waals surface area contributed by atoms with Gasteiger partial charge in [0, 0.05) is 24.5 Å². The van der Waals surface area contributed by atoms with Crippen LogP contribution in [-0.4, -0.2) is 24.5 Å². The molecule has 5 heteroatoms. The van der Waals surface area contributed by atoms with Gasteiger partial charge < -0.3 is 4.74 Å². The number of aromatic nitrogens is 2. The van der Waals surface area contributed by atoms with Crippen molar-refractivity contribution in [1.29, 1.82) is 0 Å². The average Bonchev–Trinajstić information content (AvgIpc) is 2.79. The first-order valence-corrected chi connectivity index (χ1v) is 12.2. The summed E-state index contributed by atoms with van der Waals surface area (Å²) in [4.78, 5) is 0. The molecule has 0 saturated carbocycles. The van der Waals surface area contributed by atoms with Crippen LogP contribution in [-0.2, 0) is 11.5 Å². The standard InChI is InChI=1S/C17H25BrN2OSi/c1-6-13(2)17-15-11-14(18)7-8-16(15)20(19-17)12-21-9-10-22(3,4)5/h6-8,11H,9-10,12H2,1-5H3. The van der Waals surface area contributed by atoms with E-state index in [0.717, 1.165) is 22.3 Å². The molecule has 0 aliphatic carbocycles. The van der Waals surface area contributed by atoms with Crippen molar-refractivity contribution in [1.82, 2.24) is 9.78 Å². The normalized spacial score (nSPS) is 13.1. The number of hydrogen-bond acceptors (Lipinski definition) is 2. The summed E-state index contributed by atoms with van der Waals surface area (Å²) in [6.07, 6.45) is 2.10. The first-order chi connectivity index (χ1) is 10.3. The van der Waals surface area contributed by atoms with Crippen LogP contribution in [0.25, 0.3) is 16.5 Å². The molecule has 0 fully saturated rings. The molecule has 0 spiro atoms. The summed E-state index contributed by atoms with van der Waals surface area (Å²) in [5.41, 5.74) is 3.34. The van der Waals surface area contributed by atoms with Crippen LogP contribution < -0.4 is 0 Å². The van der Waals surface area contributed by atoms with Crippen LogP contribution in [0.5, 0.6) is 0 Å². The van der Waals surface area contributed by atoms with Crippen LogP contribution in [0.2, 0.25) is 25.7 Å². The molecule has 3 nitrogen and oxygen atoms in total. The third-order valence-electron chi connectivity index (χ3n) is 3.73. The topological polar surface area (TPSA) is 27.1 Å². The van der Waals surface area contributed by atoms with E-state index in [2.05, 4.69) is 66.8 Å². The van der Waals surface area contributed by atoms with E-state index in [1.54, 1.807) is 0 Å². The number of allylic oxidation sites excluding steroid dienone is 2. The smallest absolute Gasteiger partial charge is 0.140 e. The van der Waals surface area contributed by atoms with Gasteiger partial charge in [0.2, 0.25) is 0 Å². The zero-order valence-electron chi connectivity index (χ0n) is 14.1. The fourth-order valence-electron chi connectivity index (χ4n) is 2.21. The lowest BCUT2D eigenvalue weighted by molar-refractivity contribution is 0.0816. The van der Waals surface area contributed by atoms with Gasteiger partial charge in [0.25, 0.3) is 0 Å². The minimum absolute atomic E-state index is 0.513. The molecule has 0 amide bonds. The van der Waals surface area contributed by atoms with E-state index in [4.69, 9.17) is 9.84 Å². The Balaban J connectivity index is 2.23. The molecule has 120 valence electrons. The van der Waals surface area contributed by atoms with Gasteiger partial charge >= 0.3 is 0 Å². The van der Waals surface area contributed by atoms with E-state index in [-0.39, 0.29) is 0 Å². The van der Waals surface area contributed by atoms with Gasteiger partial charge in [-0.3, -0.25) is 0 Å². The van der Waals surface area contributed by atoms with Crippen molar-refractivity contribution in [3.63, 3.8) is 0 Å². The van der Waals surface area contributed by atoms with E-state index in [1.807, 2.05) is 11.6 Å². The Kier molecular flexibility index (Phi) is 5.63. The minimum atomic E-state index is -1.04. The second kappa shape index (κ2) is 7.11. The summed E-state index contributed by atoms with van der Waals surface area (Å²) in [6.45, 7) is 12.6. The number of hydrogen-bond donors (Lipinski definition) is 0. The molecule has 0 saturated heterocycles. The Morgan fingerprint density at radius 1 is 1.36 bits per heavy atom. The van der Waals surface area contributed by atoms with Gasteiger partial charge in [-0.05, 0) is 43.7 Å². The Labute approximate surface area is 142 Å². The van der Waals surface area contributed by atoms with Gasteiger partial charge in [0.1, 0.15) is 6.73 Å². The summed E-state index contributed by atoms with van der Waals surface area (Å²) in [5, 5.41) is 5.91. The molecular weight excluding hydrogens is 356 g/mol. The SMILES string of the molecule is CC=C(C)c1nn(COCC[Si](C)(C)C)c2ccc(Br)cc12. The van der Waals surface area contributed by atoms with Crippen LogP contribution in [0.4, 0.5) is 0 Å². The summed E-state index contributed by atoms with van der Waals surface area (Å²) in [6, 6.07) is 7.46. The lowest BCUT2D eigenvalue weighted by Crippen LogP contribution is -2.22. The van der Waals surface area contributed by atoms with Crippen LogP contribution in [0.3, 0.4) is 0 Å². The number of rotatable bonds is 6. The second-order valence-electron chi connectivity index (χ2n) is 6.83. The van der Waals surface area contributed by atoms with E-state index in [1.165, 1.54) is 17.0 Å². The molecule has 1 aromatic heterocycles. The lowest BCUT2D eigenvalue weighted by Gasteiger charge is -2.15. The molecule has 0 atom stereocenters. The maximum atomic E-state index is 5.86. The zero-order chi connectivity index (χ0) is 16.3. The molecular formula is C17H25BrN2OSi. The first kappa shape index (κ1) is 17.4. The van der Waals surface area contributed by atoms with Crippen molar-refractivity contribution < 1.29 is 4.74 Å². The summed E-state index contributed by atoms with van der Waals surface area (Å²) < 4.78 is 8.90.